The van der Waals surface area contributed by atoms with E-state index in [0.29, 0.717) is 12.4 Å². The van der Waals surface area contributed by atoms with Gasteiger partial charge in [0.1, 0.15) is 10.8 Å². The van der Waals surface area contributed by atoms with Gasteiger partial charge in [-0.1, -0.05) is 0 Å². The van der Waals surface area contributed by atoms with Crippen molar-refractivity contribution in [3.05, 3.63) is 58.0 Å². The van der Waals surface area contributed by atoms with Gasteiger partial charge in [-0.25, -0.2) is 9.67 Å². The molecule has 3 aromatic rings. The third-order valence-electron chi connectivity index (χ3n) is 3.44. The molecule has 25 heavy (non-hydrogen) atoms. The van der Waals surface area contributed by atoms with Crippen molar-refractivity contribution < 1.29 is 13.6 Å². The first-order chi connectivity index (χ1) is 12.0. The Bertz CT molecular complexity index is 878. The van der Waals surface area contributed by atoms with Crippen molar-refractivity contribution in [2.75, 3.05) is 5.32 Å². The van der Waals surface area contributed by atoms with Crippen LogP contribution in [-0.4, -0.2) is 26.4 Å². The molecule has 0 saturated carbocycles. The molecule has 0 aliphatic carbocycles. The number of alkyl halides is 2. The monoisotopic (exact) mass is 380 g/mol. The first-order valence-electron chi connectivity index (χ1n) is 7.30. The molecule has 3 heterocycles. The van der Waals surface area contributed by atoms with Gasteiger partial charge in [-0.3, -0.25) is 4.79 Å². The summed E-state index contributed by atoms with van der Waals surface area (Å²) in [6.07, 6.45) is 2.96. The number of hydrogen-bond acceptors (Lipinski definition) is 5. The van der Waals surface area contributed by atoms with E-state index < -0.39 is 11.7 Å². The zero-order valence-corrected chi connectivity index (χ0v) is 14.8. The highest BCUT2D eigenvalue weighted by molar-refractivity contribution is 7.99. The van der Waals surface area contributed by atoms with Gasteiger partial charge in [0.2, 0.25) is 0 Å². The molecule has 0 aliphatic rings. The lowest BCUT2D eigenvalue weighted by Gasteiger charge is -2.10. The molecule has 5 nitrogen and oxygen atoms in total. The zero-order chi connectivity index (χ0) is 17.8. The largest absolute Gasteiger partial charge is 0.307 e. The number of anilines is 1. The maximum Gasteiger partial charge on any atom is 0.290 e. The molecule has 0 aliphatic heterocycles. The standard InChI is InChI=1S/C16H14F2N4OS2/c1-10-5-8-24-12(10)9-22-13(4-7-20-22)21-14(23)11-3-2-6-19-15(11)25-16(17)18/h2-8,16H,9H2,1H3,(H,21,23). The molecule has 0 atom stereocenters. The van der Waals surface area contributed by atoms with Gasteiger partial charge in [0.05, 0.1) is 18.3 Å². The number of aryl methyl sites for hydroxylation is 1. The lowest BCUT2D eigenvalue weighted by molar-refractivity contribution is 0.102. The predicted molar refractivity (Wildman–Crippen MR) is 94.4 cm³/mol. The van der Waals surface area contributed by atoms with Crippen LogP contribution in [0.4, 0.5) is 14.6 Å². The molecule has 0 saturated heterocycles. The van der Waals surface area contributed by atoms with E-state index in [-0.39, 0.29) is 22.4 Å². The van der Waals surface area contributed by atoms with E-state index in [1.165, 1.54) is 18.3 Å². The SMILES string of the molecule is Cc1ccsc1Cn1nccc1NC(=O)c1cccnc1SC(F)F. The summed E-state index contributed by atoms with van der Waals surface area (Å²) >= 11 is 1.86. The van der Waals surface area contributed by atoms with Gasteiger partial charge in [-0.05, 0) is 47.8 Å². The van der Waals surface area contributed by atoms with Crippen molar-refractivity contribution in [2.24, 2.45) is 0 Å². The maximum absolute atomic E-state index is 12.6. The van der Waals surface area contributed by atoms with Gasteiger partial charge >= 0.3 is 0 Å². The Morgan fingerprint density at radius 1 is 1.36 bits per heavy atom. The number of amides is 1. The van der Waals surface area contributed by atoms with E-state index in [4.69, 9.17) is 0 Å². The van der Waals surface area contributed by atoms with E-state index in [9.17, 15) is 13.6 Å². The summed E-state index contributed by atoms with van der Waals surface area (Å²) in [6, 6.07) is 6.69. The highest BCUT2D eigenvalue weighted by Gasteiger charge is 2.18. The van der Waals surface area contributed by atoms with Crippen LogP contribution in [0.1, 0.15) is 20.8 Å². The number of aromatic nitrogens is 3. The molecule has 0 radical (unpaired) electrons. The summed E-state index contributed by atoms with van der Waals surface area (Å²) in [5.74, 6) is -2.65. The highest BCUT2D eigenvalue weighted by Crippen LogP contribution is 2.27. The first kappa shape index (κ1) is 17.6. The number of rotatable bonds is 6. The van der Waals surface area contributed by atoms with Crippen molar-refractivity contribution >= 4 is 34.8 Å². The Morgan fingerprint density at radius 2 is 2.20 bits per heavy atom. The third-order valence-corrected chi connectivity index (χ3v) is 5.17. The molecule has 1 N–H and O–H groups in total. The Kier molecular flexibility index (Phi) is 5.44. The van der Waals surface area contributed by atoms with E-state index in [1.54, 1.807) is 28.3 Å². The van der Waals surface area contributed by atoms with Crippen LogP contribution in [0, 0.1) is 6.92 Å². The summed E-state index contributed by atoms with van der Waals surface area (Å²) in [4.78, 5) is 17.5. The molecule has 0 bridgehead atoms. The van der Waals surface area contributed by atoms with Crippen LogP contribution in [0.25, 0.3) is 0 Å². The second kappa shape index (κ2) is 7.75. The minimum Gasteiger partial charge on any atom is -0.307 e. The minimum atomic E-state index is -2.64. The van der Waals surface area contributed by atoms with Crippen molar-refractivity contribution in [3.63, 3.8) is 0 Å². The molecule has 1 amide bonds. The topological polar surface area (TPSA) is 59.8 Å². The van der Waals surface area contributed by atoms with Crippen LogP contribution >= 0.6 is 23.1 Å². The molecule has 0 aromatic carbocycles. The van der Waals surface area contributed by atoms with Gasteiger partial charge in [0.25, 0.3) is 11.7 Å². The summed E-state index contributed by atoms with van der Waals surface area (Å²) in [5, 5.41) is 8.93. The van der Waals surface area contributed by atoms with Crippen molar-refractivity contribution in [1.29, 1.82) is 0 Å². The fourth-order valence-corrected chi connectivity index (χ4v) is 3.66. The molecule has 9 heteroatoms. The fourth-order valence-electron chi connectivity index (χ4n) is 2.19. The fraction of sp³-hybridized carbons (Fsp3) is 0.188. The predicted octanol–water partition coefficient (Wildman–Crippen LogP) is 4.26. The number of hydrogen-bond donors (Lipinski definition) is 1. The summed E-state index contributed by atoms with van der Waals surface area (Å²) in [6.45, 7) is 2.54. The lowest BCUT2D eigenvalue weighted by atomic mass is 10.2. The van der Waals surface area contributed by atoms with E-state index >= 15 is 0 Å². The van der Waals surface area contributed by atoms with Crippen LogP contribution in [0.2, 0.25) is 0 Å². The normalized spacial score (nSPS) is 11.0. The number of carbonyl (C=O) groups excluding carboxylic acids is 1. The summed E-state index contributed by atoms with van der Waals surface area (Å²) < 4.78 is 26.9. The molecule has 0 fully saturated rings. The van der Waals surface area contributed by atoms with Gasteiger partial charge in [-0.2, -0.15) is 13.9 Å². The number of pyridine rings is 1. The average Bonchev–Trinajstić information content (AvgIpc) is 3.17. The Balaban J connectivity index is 1.79. The number of thioether (sulfide) groups is 1. The van der Waals surface area contributed by atoms with Crippen LogP contribution < -0.4 is 5.32 Å². The average molecular weight is 380 g/mol. The lowest BCUT2D eigenvalue weighted by Crippen LogP contribution is -2.17. The van der Waals surface area contributed by atoms with Gasteiger partial charge in [-0.15, -0.1) is 11.3 Å². The first-order valence-corrected chi connectivity index (χ1v) is 9.06. The van der Waals surface area contributed by atoms with Crippen molar-refractivity contribution in [3.8, 4) is 0 Å². The maximum atomic E-state index is 12.6. The van der Waals surface area contributed by atoms with Gasteiger partial charge in [0.15, 0.2) is 0 Å². The van der Waals surface area contributed by atoms with Crippen LogP contribution in [0.5, 0.6) is 0 Å². The number of carbonyl (C=O) groups is 1. The second-order valence-corrected chi connectivity index (χ2v) is 7.07. The zero-order valence-electron chi connectivity index (χ0n) is 13.1. The quantitative estimate of drug-likeness (QED) is 0.649. The number of halogens is 2. The van der Waals surface area contributed by atoms with Gasteiger partial charge in [0, 0.05) is 17.1 Å². The molecule has 3 aromatic heterocycles. The molecule has 130 valence electrons. The Morgan fingerprint density at radius 3 is 2.92 bits per heavy atom. The van der Waals surface area contributed by atoms with E-state index in [2.05, 4.69) is 15.4 Å². The smallest absolute Gasteiger partial charge is 0.290 e. The Labute approximate surface area is 151 Å². The molecule has 3 rings (SSSR count). The van der Waals surface area contributed by atoms with Crippen molar-refractivity contribution in [1.82, 2.24) is 14.8 Å². The summed E-state index contributed by atoms with van der Waals surface area (Å²) in [7, 11) is 0. The molecular formula is C16H14F2N4OS2. The molecular weight excluding hydrogens is 366 g/mol. The van der Waals surface area contributed by atoms with Crippen molar-refractivity contribution in [2.45, 2.75) is 24.3 Å². The van der Waals surface area contributed by atoms with Crippen LogP contribution in [0.3, 0.4) is 0 Å². The summed E-state index contributed by atoms with van der Waals surface area (Å²) in [5.41, 5.74) is 1.26. The molecule has 0 spiro atoms. The van der Waals surface area contributed by atoms with E-state index in [1.807, 2.05) is 18.4 Å². The Hall–Kier alpha value is -2.26. The second-order valence-electron chi connectivity index (χ2n) is 5.09. The highest BCUT2D eigenvalue weighted by atomic mass is 32.2. The van der Waals surface area contributed by atoms with Crippen LogP contribution in [-0.2, 0) is 6.54 Å². The van der Waals surface area contributed by atoms with E-state index in [0.717, 1.165) is 10.4 Å². The number of thiophene rings is 1. The van der Waals surface area contributed by atoms with Gasteiger partial charge < -0.3 is 5.32 Å². The van der Waals surface area contributed by atoms with Crippen LogP contribution in [0.15, 0.2) is 47.1 Å². The molecule has 0 unspecified atom stereocenters. The minimum absolute atomic E-state index is 0.00448. The number of nitrogens with zero attached hydrogens (tertiary/aromatic N) is 3. The third kappa shape index (κ3) is 4.23. The number of nitrogens with one attached hydrogen (secondary N) is 1.